The molecule has 168 valence electrons. The minimum atomic E-state index is 0. The molecule has 0 amide bonds. The minimum absolute atomic E-state index is 0. The summed E-state index contributed by atoms with van der Waals surface area (Å²) in [6, 6.07) is 6.10. The van der Waals surface area contributed by atoms with Crippen LogP contribution in [0.4, 0.5) is 0 Å². The molecule has 1 heterocycles. The summed E-state index contributed by atoms with van der Waals surface area (Å²) in [5, 5.41) is 14.7. The number of ether oxygens (including phenoxy) is 2. The van der Waals surface area contributed by atoms with Crippen molar-refractivity contribution in [1.29, 1.82) is 0 Å². The van der Waals surface area contributed by atoms with Crippen LogP contribution in [-0.2, 0) is 19.4 Å². The van der Waals surface area contributed by atoms with E-state index in [4.69, 9.17) is 9.47 Å². The van der Waals surface area contributed by atoms with Crippen molar-refractivity contribution in [2.75, 3.05) is 33.4 Å². The van der Waals surface area contributed by atoms with Gasteiger partial charge in [0.2, 0.25) is 0 Å². The van der Waals surface area contributed by atoms with Crippen LogP contribution in [0, 0.1) is 0 Å². The average molecular weight is 530 g/mol. The Morgan fingerprint density at radius 3 is 2.70 bits per heavy atom. The average Bonchev–Trinajstić information content (AvgIpc) is 3.19. The molecule has 2 aromatic rings. The van der Waals surface area contributed by atoms with Gasteiger partial charge in [-0.2, -0.15) is 0 Å². The number of halogens is 1. The van der Waals surface area contributed by atoms with Gasteiger partial charge >= 0.3 is 0 Å². The molecule has 0 fully saturated rings. The van der Waals surface area contributed by atoms with E-state index in [0.29, 0.717) is 6.61 Å². The Labute approximate surface area is 196 Å². The molecule has 0 atom stereocenters. The number of nitrogens with zero attached hydrogens (tertiary/aromatic N) is 4. The molecule has 8 nitrogen and oxygen atoms in total. The zero-order valence-corrected chi connectivity index (χ0v) is 20.8. The summed E-state index contributed by atoms with van der Waals surface area (Å²) in [6.45, 7) is 9.91. The second-order valence-corrected chi connectivity index (χ2v) is 6.50. The lowest BCUT2D eigenvalue weighted by molar-refractivity contribution is 0.310. The zero-order chi connectivity index (χ0) is 20.9. The SMILES string of the molecule is CCNC(=NCCCc1ccc(OC)c(OCC)c1)NCCn1cnnc1CC.I. The first-order chi connectivity index (χ1) is 14.2. The van der Waals surface area contributed by atoms with Crippen molar-refractivity contribution < 1.29 is 9.47 Å². The molecule has 0 spiro atoms. The van der Waals surface area contributed by atoms with Gasteiger partial charge in [0.1, 0.15) is 12.2 Å². The highest BCUT2D eigenvalue weighted by Crippen LogP contribution is 2.28. The quantitative estimate of drug-likeness (QED) is 0.190. The van der Waals surface area contributed by atoms with E-state index in [-0.39, 0.29) is 24.0 Å². The molecule has 9 heteroatoms. The minimum Gasteiger partial charge on any atom is -0.493 e. The molecule has 1 aromatic carbocycles. The first kappa shape index (κ1) is 26.0. The number of methoxy groups -OCH3 is 1. The molecule has 30 heavy (non-hydrogen) atoms. The summed E-state index contributed by atoms with van der Waals surface area (Å²) < 4.78 is 13.1. The lowest BCUT2D eigenvalue weighted by Crippen LogP contribution is -2.39. The van der Waals surface area contributed by atoms with E-state index < -0.39 is 0 Å². The van der Waals surface area contributed by atoms with Crippen molar-refractivity contribution in [2.45, 2.75) is 46.6 Å². The molecule has 0 aliphatic carbocycles. The van der Waals surface area contributed by atoms with Gasteiger partial charge in [-0.1, -0.05) is 13.0 Å². The van der Waals surface area contributed by atoms with Crippen LogP contribution in [0.25, 0.3) is 0 Å². The Balaban J connectivity index is 0.00000450. The molecule has 0 aliphatic heterocycles. The lowest BCUT2D eigenvalue weighted by atomic mass is 10.1. The molecule has 0 aliphatic rings. The van der Waals surface area contributed by atoms with Crippen molar-refractivity contribution in [3.63, 3.8) is 0 Å². The lowest BCUT2D eigenvalue weighted by Gasteiger charge is -2.12. The molecule has 2 N–H and O–H groups in total. The van der Waals surface area contributed by atoms with Crippen LogP contribution in [0.3, 0.4) is 0 Å². The monoisotopic (exact) mass is 530 g/mol. The first-order valence-corrected chi connectivity index (χ1v) is 10.4. The van der Waals surface area contributed by atoms with Gasteiger partial charge in [-0.3, -0.25) is 4.99 Å². The molecule has 0 unspecified atom stereocenters. The van der Waals surface area contributed by atoms with E-state index in [1.807, 2.05) is 13.0 Å². The maximum absolute atomic E-state index is 5.65. The van der Waals surface area contributed by atoms with Gasteiger partial charge < -0.3 is 24.7 Å². The van der Waals surface area contributed by atoms with Gasteiger partial charge in [0.05, 0.1) is 13.7 Å². The standard InChI is InChI=1S/C21H34N6O2.HI/c1-5-20-26-25-16-27(20)14-13-24-21(22-6-2)23-12-8-9-17-10-11-18(28-4)19(15-17)29-7-3;/h10-11,15-16H,5-9,12-14H2,1-4H3,(H2,22,23,24);1H. The summed E-state index contributed by atoms with van der Waals surface area (Å²) in [5.41, 5.74) is 1.22. The van der Waals surface area contributed by atoms with Gasteiger partial charge in [-0.05, 0) is 44.4 Å². The number of rotatable bonds is 12. The number of hydrogen-bond donors (Lipinski definition) is 2. The maximum Gasteiger partial charge on any atom is 0.191 e. The van der Waals surface area contributed by atoms with Gasteiger partial charge in [0, 0.05) is 32.6 Å². The van der Waals surface area contributed by atoms with E-state index in [0.717, 1.165) is 68.7 Å². The van der Waals surface area contributed by atoms with Crippen LogP contribution < -0.4 is 20.1 Å². The molecule has 0 bridgehead atoms. The topological polar surface area (TPSA) is 85.6 Å². The summed E-state index contributed by atoms with van der Waals surface area (Å²) in [4.78, 5) is 4.68. The number of aliphatic imine (C=N–C) groups is 1. The molecule has 1 aromatic heterocycles. The Hall–Kier alpha value is -2.04. The number of hydrogen-bond acceptors (Lipinski definition) is 5. The second kappa shape index (κ2) is 14.9. The molecule has 0 saturated heterocycles. The number of benzene rings is 1. The smallest absolute Gasteiger partial charge is 0.191 e. The normalized spacial score (nSPS) is 11.0. The Morgan fingerprint density at radius 2 is 2.00 bits per heavy atom. The van der Waals surface area contributed by atoms with Crippen LogP contribution in [0.2, 0.25) is 0 Å². The van der Waals surface area contributed by atoms with Crippen LogP contribution in [0.5, 0.6) is 11.5 Å². The van der Waals surface area contributed by atoms with Crippen molar-refractivity contribution in [3.8, 4) is 11.5 Å². The van der Waals surface area contributed by atoms with E-state index in [1.165, 1.54) is 5.56 Å². The number of nitrogens with one attached hydrogen (secondary N) is 2. The van der Waals surface area contributed by atoms with E-state index in [1.54, 1.807) is 13.4 Å². The van der Waals surface area contributed by atoms with Crippen LogP contribution in [0.1, 0.15) is 38.6 Å². The fourth-order valence-corrected chi connectivity index (χ4v) is 2.99. The van der Waals surface area contributed by atoms with Crippen LogP contribution in [-0.4, -0.2) is 54.1 Å². The number of aromatic nitrogens is 3. The summed E-state index contributed by atoms with van der Waals surface area (Å²) >= 11 is 0. The van der Waals surface area contributed by atoms with Gasteiger partial charge in [-0.15, -0.1) is 34.2 Å². The zero-order valence-electron chi connectivity index (χ0n) is 18.5. The first-order valence-electron chi connectivity index (χ1n) is 10.4. The fourth-order valence-electron chi connectivity index (χ4n) is 2.99. The predicted octanol–water partition coefficient (Wildman–Crippen LogP) is 3.05. The Bertz CT molecular complexity index is 766. The summed E-state index contributed by atoms with van der Waals surface area (Å²) in [5.74, 6) is 3.40. The fraction of sp³-hybridized carbons (Fsp3) is 0.571. The van der Waals surface area contributed by atoms with E-state index >= 15 is 0 Å². The summed E-state index contributed by atoms with van der Waals surface area (Å²) in [7, 11) is 1.66. The van der Waals surface area contributed by atoms with E-state index in [2.05, 4.69) is 56.4 Å². The second-order valence-electron chi connectivity index (χ2n) is 6.50. The molecular weight excluding hydrogens is 495 g/mol. The third kappa shape index (κ3) is 8.37. The van der Waals surface area contributed by atoms with Gasteiger partial charge in [0.25, 0.3) is 0 Å². The highest BCUT2D eigenvalue weighted by Gasteiger charge is 2.06. The van der Waals surface area contributed by atoms with Crippen molar-refractivity contribution >= 4 is 29.9 Å². The van der Waals surface area contributed by atoms with Crippen molar-refractivity contribution in [3.05, 3.63) is 35.9 Å². The highest BCUT2D eigenvalue weighted by atomic mass is 127. The van der Waals surface area contributed by atoms with Crippen LogP contribution >= 0.6 is 24.0 Å². The summed E-state index contributed by atoms with van der Waals surface area (Å²) in [6.07, 6.45) is 4.55. The Kier molecular flexibility index (Phi) is 12.9. The Morgan fingerprint density at radius 1 is 1.17 bits per heavy atom. The van der Waals surface area contributed by atoms with Crippen LogP contribution in [0.15, 0.2) is 29.5 Å². The highest BCUT2D eigenvalue weighted by molar-refractivity contribution is 14.0. The molecule has 2 rings (SSSR count). The van der Waals surface area contributed by atoms with Gasteiger partial charge in [0.15, 0.2) is 17.5 Å². The molecular formula is C21H35IN6O2. The third-order valence-corrected chi connectivity index (χ3v) is 4.42. The molecule has 0 radical (unpaired) electrons. The predicted molar refractivity (Wildman–Crippen MR) is 131 cm³/mol. The third-order valence-electron chi connectivity index (χ3n) is 4.42. The number of aryl methyl sites for hydroxylation is 2. The largest absolute Gasteiger partial charge is 0.493 e. The van der Waals surface area contributed by atoms with E-state index in [9.17, 15) is 0 Å². The van der Waals surface area contributed by atoms with Crippen molar-refractivity contribution in [2.24, 2.45) is 4.99 Å². The molecule has 0 saturated carbocycles. The maximum atomic E-state index is 5.65. The van der Waals surface area contributed by atoms with Gasteiger partial charge in [-0.25, -0.2) is 0 Å². The van der Waals surface area contributed by atoms with Crippen molar-refractivity contribution in [1.82, 2.24) is 25.4 Å². The number of guanidine groups is 1.